The minimum Gasteiger partial charge on any atom is -0.439 e. The predicted octanol–water partition coefficient (Wildman–Crippen LogP) is 2.83. The summed E-state index contributed by atoms with van der Waals surface area (Å²) in [5.74, 6) is 0.844. The average Bonchev–Trinajstić information content (AvgIpc) is 2.42. The Balaban J connectivity index is 2.15. The van der Waals surface area contributed by atoms with E-state index in [9.17, 15) is 14.9 Å². The molecule has 0 spiro atoms. The Morgan fingerprint density at radius 3 is 2.70 bits per heavy atom. The minimum absolute atomic E-state index is 0.0881. The fourth-order valence-corrected chi connectivity index (χ4v) is 1.71. The summed E-state index contributed by atoms with van der Waals surface area (Å²) in [5, 5.41) is 10.5. The van der Waals surface area contributed by atoms with Crippen molar-refractivity contribution in [1.82, 2.24) is 4.98 Å². The monoisotopic (exact) mass is 272 g/mol. The van der Waals surface area contributed by atoms with Crippen molar-refractivity contribution in [3.63, 3.8) is 0 Å². The molecule has 0 bridgehead atoms. The van der Waals surface area contributed by atoms with E-state index in [-0.39, 0.29) is 11.6 Å². The summed E-state index contributed by atoms with van der Waals surface area (Å²) in [7, 11) is 0. The summed E-state index contributed by atoms with van der Waals surface area (Å²) in [5.41, 5.74) is 1.79. The van der Waals surface area contributed by atoms with Crippen molar-refractivity contribution in [1.29, 1.82) is 0 Å². The second-order valence-electron chi connectivity index (χ2n) is 4.17. The molecule has 1 aromatic carbocycles. The highest BCUT2D eigenvalue weighted by Gasteiger charge is 2.07. The third-order valence-corrected chi connectivity index (χ3v) is 2.77. The van der Waals surface area contributed by atoms with Crippen molar-refractivity contribution >= 4 is 12.0 Å². The Hall–Kier alpha value is -2.76. The van der Waals surface area contributed by atoms with Gasteiger partial charge in [0, 0.05) is 18.6 Å². The molecule has 0 aliphatic heterocycles. The Bertz CT molecular complexity index is 638. The first kappa shape index (κ1) is 13.7. The molecule has 6 nitrogen and oxygen atoms in total. The second kappa shape index (κ2) is 5.92. The maximum atomic E-state index is 10.5. The smallest absolute Gasteiger partial charge is 0.287 e. The number of aromatic nitrogens is 1. The summed E-state index contributed by atoms with van der Waals surface area (Å²) in [6.07, 6.45) is 2.35. The van der Waals surface area contributed by atoms with Crippen LogP contribution in [0.3, 0.4) is 0 Å². The van der Waals surface area contributed by atoms with Crippen LogP contribution < -0.4 is 4.74 Å². The molecule has 0 aliphatic rings. The molecule has 0 fully saturated rings. The van der Waals surface area contributed by atoms with Crippen LogP contribution in [-0.2, 0) is 11.2 Å². The highest BCUT2D eigenvalue weighted by Crippen LogP contribution is 2.23. The topological polar surface area (TPSA) is 82.3 Å². The molecule has 102 valence electrons. The summed E-state index contributed by atoms with van der Waals surface area (Å²) >= 11 is 0. The van der Waals surface area contributed by atoms with Gasteiger partial charge in [-0.2, -0.15) is 0 Å². The highest BCUT2D eigenvalue weighted by molar-refractivity contribution is 5.56. The first-order chi connectivity index (χ1) is 9.60. The number of carbonyl (C=O) groups is 1. The predicted molar refractivity (Wildman–Crippen MR) is 71.9 cm³/mol. The molecule has 0 N–H and O–H groups in total. The summed E-state index contributed by atoms with van der Waals surface area (Å²) in [6.45, 7) is 1.88. The zero-order chi connectivity index (χ0) is 14.5. The lowest BCUT2D eigenvalue weighted by Crippen LogP contribution is -1.94. The van der Waals surface area contributed by atoms with Crippen LogP contribution in [0.1, 0.15) is 11.1 Å². The fourth-order valence-electron chi connectivity index (χ4n) is 1.71. The number of rotatable bonds is 5. The van der Waals surface area contributed by atoms with Gasteiger partial charge in [-0.1, -0.05) is 6.07 Å². The van der Waals surface area contributed by atoms with E-state index in [4.69, 9.17) is 4.74 Å². The molecule has 0 amide bonds. The van der Waals surface area contributed by atoms with Crippen LogP contribution in [0.2, 0.25) is 0 Å². The molecular weight excluding hydrogens is 260 g/mol. The largest absolute Gasteiger partial charge is 0.439 e. The molecule has 0 saturated carbocycles. The van der Waals surface area contributed by atoms with Gasteiger partial charge in [0.2, 0.25) is 5.88 Å². The summed E-state index contributed by atoms with van der Waals surface area (Å²) < 4.78 is 5.51. The van der Waals surface area contributed by atoms with E-state index in [0.29, 0.717) is 12.2 Å². The van der Waals surface area contributed by atoms with E-state index in [1.165, 1.54) is 12.1 Å². The van der Waals surface area contributed by atoms with Crippen LogP contribution in [0.5, 0.6) is 11.6 Å². The molecule has 0 radical (unpaired) electrons. The van der Waals surface area contributed by atoms with E-state index in [0.717, 1.165) is 23.6 Å². The quantitative estimate of drug-likeness (QED) is 0.475. The number of ether oxygens (including phenoxy) is 1. The van der Waals surface area contributed by atoms with Crippen molar-refractivity contribution in [3.05, 3.63) is 57.8 Å². The van der Waals surface area contributed by atoms with E-state index in [1.807, 2.05) is 13.0 Å². The number of benzene rings is 1. The molecule has 0 aliphatic carbocycles. The van der Waals surface area contributed by atoms with Crippen molar-refractivity contribution < 1.29 is 14.5 Å². The Morgan fingerprint density at radius 2 is 2.15 bits per heavy atom. The number of hydrogen-bond acceptors (Lipinski definition) is 5. The number of pyridine rings is 1. The van der Waals surface area contributed by atoms with Gasteiger partial charge in [0.15, 0.2) is 0 Å². The van der Waals surface area contributed by atoms with Crippen LogP contribution in [-0.4, -0.2) is 16.2 Å². The average molecular weight is 272 g/mol. The van der Waals surface area contributed by atoms with Gasteiger partial charge in [-0.25, -0.2) is 4.98 Å². The van der Waals surface area contributed by atoms with Gasteiger partial charge in [-0.3, -0.25) is 10.1 Å². The lowest BCUT2D eigenvalue weighted by molar-refractivity contribution is -0.385. The molecule has 20 heavy (non-hydrogen) atoms. The first-order valence-electron chi connectivity index (χ1n) is 5.91. The van der Waals surface area contributed by atoms with Crippen LogP contribution in [0, 0.1) is 17.0 Å². The zero-order valence-electron chi connectivity index (χ0n) is 10.8. The number of nitrogens with zero attached hydrogens (tertiary/aromatic N) is 2. The maximum absolute atomic E-state index is 10.5. The van der Waals surface area contributed by atoms with Gasteiger partial charge in [0.25, 0.3) is 5.69 Å². The maximum Gasteiger partial charge on any atom is 0.287 e. The van der Waals surface area contributed by atoms with E-state index in [2.05, 4.69) is 4.98 Å². The highest BCUT2D eigenvalue weighted by atomic mass is 16.6. The van der Waals surface area contributed by atoms with Crippen LogP contribution >= 0.6 is 0 Å². The lowest BCUT2D eigenvalue weighted by atomic mass is 10.1. The summed E-state index contributed by atoms with van der Waals surface area (Å²) in [6, 6.07) is 8.10. The van der Waals surface area contributed by atoms with Gasteiger partial charge in [0.1, 0.15) is 18.2 Å². The molecule has 6 heteroatoms. The molecule has 0 atom stereocenters. The SMILES string of the molecule is Cc1cc(Oc2ccc([N+](=O)[O-])cn2)ccc1CC=O. The third kappa shape index (κ3) is 3.17. The number of aldehydes is 1. The molecule has 1 aromatic heterocycles. The van der Waals surface area contributed by atoms with E-state index >= 15 is 0 Å². The molecule has 0 unspecified atom stereocenters. The van der Waals surface area contributed by atoms with Crippen LogP contribution in [0.4, 0.5) is 5.69 Å². The van der Waals surface area contributed by atoms with E-state index < -0.39 is 4.92 Å². The van der Waals surface area contributed by atoms with Gasteiger partial charge in [-0.05, 0) is 30.2 Å². The Labute approximate surface area is 115 Å². The second-order valence-corrected chi connectivity index (χ2v) is 4.17. The first-order valence-corrected chi connectivity index (χ1v) is 5.91. The van der Waals surface area contributed by atoms with Gasteiger partial charge in [-0.15, -0.1) is 0 Å². The van der Waals surface area contributed by atoms with Crippen molar-refractivity contribution in [2.75, 3.05) is 0 Å². The van der Waals surface area contributed by atoms with Gasteiger partial charge in [0.05, 0.1) is 4.92 Å². The molecule has 1 heterocycles. The normalized spacial score (nSPS) is 10.1. The van der Waals surface area contributed by atoms with Gasteiger partial charge < -0.3 is 9.53 Å². The van der Waals surface area contributed by atoms with Crippen molar-refractivity contribution in [3.8, 4) is 11.6 Å². The number of nitro groups is 1. The van der Waals surface area contributed by atoms with Crippen molar-refractivity contribution in [2.24, 2.45) is 0 Å². The fraction of sp³-hybridized carbons (Fsp3) is 0.143. The zero-order valence-corrected chi connectivity index (χ0v) is 10.8. The Morgan fingerprint density at radius 1 is 1.35 bits per heavy atom. The number of aryl methyl sites for hydroxylation is 1. The van der Waals surface area contributed by atoms with Crippen LogP contribution in [0.25, 0.3) is 0 Å². The molecular formula is C14H12N2O4. The standard InChI is InChI=1S/C14H12N2O4/c1-10-8-13(4-2-11(10)6-7-17)20-14-5-3-12(9-15-14)16(18)19/h2-5,7-9H,6H2,1H3. The number of hydrogen-bond donors (Lipinski definition) is 0. The molecule has 0 saturated heterocycles. The summed E-state index contributed by atoms with van der Waals surface area (Å²) in [4.78, 5) is 24.3. The van der Waals surface area contributed by atoms with Crippen LogP contribution in [0.15, 0.2) is 36.5 Å². The number of carbonyl (C=O) groups excluding carboxylic acids is 1. The van der Waals surface area contributed by atoms with Gasteiger partial charge >= 0.3 is 0 Å². The lowest BCUT2D eigenvalue weighted by Gasteiger charge is -2.07. The molecule has 2 rings (SSSR count). The third-order valence-electron chi connectivity index (χ3n) is 2.77. The van der Waals surface area contributed by atoms with Crippen molar-refractivity contribution in [2.45, 2.75) is 13.3 Å². The minimum atomic E-state index is -0.519. The Kier molecular flexibility index (Phi) is 4.05. The van der Waals surface area contributed by atoms with E-state index in [1.54, 1.807) is 12.1 Å². The molecule has 2 aromatic rings.